The Morgan fingerprint density at radius 1 is 0.483 bits per heavy atom. The van der Waals surface area contributed by atoms with Gasteiger partial charge in [-0.1, -0.05) is 158 Å². The van der Waals surface area contributed by atoms with Crippen LogP contribution in [0, 0.1) is 6.92 Å². The lowest BCUT2D eigenvalue weighted by Crippen LogP contribution is -2.35. The van der Waals surface area contributed by atoms with Crippen molar-refractivity contribution in [2.24, 2.45) is 0 Å². The van der Waals surface area contributed by atoms with E-state index >= 15 is 0 Å². The minimum absolute atomic E-state index is 0.104. The van der Waals surface area contributed by atoms with Crippen LogP contribution in [0.25, 0.3) is 55.6 Å². The first-order chi connectivity index (χ1) is 27.7. The van der Waals surface area contributed by atoms with Gasteiger partial charge in [0.25, 0.3) is 0 Å². The van der Waals surface area contributed by atoms with Crippen LogP contribution in [0.15, 0.2) is 133 Å². The van der Waals surface area contributed by atoms with Crippen molar-refractivity contribution in [2.75, 3.05) is 4.90 Å². The Bertz CT molecular complexity index is 2820. The molecule has 0 N–H and O–H groups in total. The van der Waals surface area contributed by atoms with E-state index in [9.17, 15) is 0 Å². The fourth-order valence-electron chi connectivity index (χ4n) is 11.7. The predicted octanol–water partition coefficient (Wildman–Crippen LogP) is 15.7. The first kappa shape index (κ1) is 35.7. The van der Waals surface area contributed by atoms with Gasteiger partial charge in [0.1, 0.15) is 0 Å². The maximum absolute atomic E-state index is 2.68. The number of hydrogen-bond donors (Lipinski definition) is 0. The van der Waals surface area contributed by atoms with Gasteiger partial charge in [-0.25, -0.2) is 0 Å². The smallest absolute Gasteiger partial charge is 0.0581 e. The highest BCUT2D eigenvalue weighted by Gasteiger charge is 2.46. The van der Waals surface area contributed by atoms with Gasteiger partial charge in [0.05, 0.1) is 11.4 Å². The Morgan fingerprint density at radius 3 is 1.95 bits per heavy atom. The Labute approximate surface area is 346 Å². The molecule has 2 bridgehead atoms. The second kappa shape index (κ2) is 11.8. The number of para-hydroxylation sites is 1. The van der Waals surface area contributed by atoms with E-state index in [-0.39, 0.29) is 21.7 Å². The van der Waals surface area contributed by atoms with Gasteiger partial charge < -0.3 is 4.90 Å². The van der Waals surface area contributed by atoms with Crippen LogP contribution in [0.1, 0.15) is 114 Å². The van der Waals surface area contributed by atoms with Crippen LogP contribution in [0.3, 0.4) is 0 Å². The molecule has 0 spiro atoms. The van der Waals surface area contributed by atoms with E-state index in [2.05, 4.69) is 189 Å². The largest absolute Gasteiger partial charge is 0.309 e. The van der Waals surface area contributed by atoms with E-state index in [0.717, 1.165) is 12.8 Å². The molecule has 0 saturated heterocycles. The number of allylic oxidation sites excluding steroid dienone is 3. The van der Waals surface area contributed by atoms with Gasteiger partial charge in [-0.2, -0.15) is 0 Å². The summed E-state index contributed by atoms with van der Waals surface area (Å²) in [6, 6.07) is 42.9. The van der Waals surface area contributed by atoms with Gasteiger partial charge in [0, 0.05) is 27.7 Å². The van der Waals surface area contributed by atoms with E-state index in [1.54, 1.807) is 5.56 Å². The third-order valence-electron chi connectivity index (χ3n) is 15.3. The van der Waals surface area contributed by atoms with Crippen LogP contribution in [-0.4, -0.2) is 0 Å². The summed E-state index contributed by atoms with van der Waals surface area (Å²) in [5, 5.41) is 0. The summed E-state index contributed by atoms with van der Waals surface area (Å²) >= 11 is 0. The zero-order chi connectivity index (χ0) is 40.1. The molecule has 0 unspecified atom stereocenters. The van der Waals surface area contributed by atoms with Crippen LogP contribution in [0.2, 0.25) is 0 Å². The highest BCUT2D eigenvalue weighted by molar-refractivity contribution is 6.12. The average Bonchev–Trinajstić information content (AvgIpc) is 3.44. The first-order valence-electron chi connectivity index (χ1n) is 21.7. The molecule has 11 rings (SSSR count). The molecule has 2 heterocycles. The molecule has 1 heteroatoms. The Balaban J connectivity index is 1.36. The Kier molecular flexibility index (Phi) is 7.30. The molecule has 6 aromatic rings. The van der Waals surface area contributed by atoms with Crippen LogP contribution in [-0.2, 0) is 21.7 Å². The van der Waals surface area contributed by atoms with Crippen molar-refractivity contribution >= 4 is 11.4 Å². The summed E-state index contributed by atoms with van der Waals surface area (Å²) in [7, 11) is 0. The van der Waals surface area contributed by atoms with Crippen molar-refractivity contribution in [3.8, 4) is 55.6 Å². The van der Waals surface area contributed by atoms with Crippen molar-refractivity contribution in [2.45, 2.75) is 110 Å². The normalized spacial score (nSPS) is 19.2. The molecule has 288 valence electrons. The van der Waals surface area contributed by atoms with Gasteiger partial charge in [-0.15, -0.1) is 0 Å². The van der Waals surface area contributed by atoms with Crippen LogP contribution in [0.4, 0.5) is 11.4 Å². The van der Waals surface area contributed by atoms with Gasteiger partial charge in [-0.05, 0) is 146 Å². The fraction of sp³-hybridized carbons (Fsp3) is 0.298. The van der Waals surface area contributed by atoms with Crippen LogP contribution in [0.5, 0.6) is 0 Å². The highest BCUT2D eigenvalue weighted by Crippen LogP contribution is 2.63. The van der Waals surface area contributed by atoms with E-state index < -0.39 is 0 Å². The van der Waals surface area contributed by atoms with Crippen molar-refractivity contribution in [1.82, 2.24) is 0 Å². The van der Waals surface area contributed by atoms with Crippen LogP contribution >= 0.6 is 0 Å². The standard InChI is InChI=1S/C57H55N/c1-34-22-24-36(25-23-34)50-41-30-37(35-16-11-10-12-17-35)31-49(50)58-48-21-14-13-19-42(48)56(6,7)44-20-15-18-39(53(44)58)38-26-27-43-52(51(38)41)40-32-46-47(33-45(40)57(43,8)9)55(4,5)29-28-54(46,2)3/h10-12,14-18,20-27,30-33H,13,19,28-29H2,1-9H3. The van der Waals surface area contributed by atoms with Crippen molar-refractivity contribution in [3.63, 3.8) is 0 Å². The summed E-state index contributed by atoms with van der Waals surface area (Å²) in [6.45, 7) is 22.0. The van der Waals surface area contributed by atoms with E-state index in [0.29, 0.717) is 0 Å². The molecule has 0 amide bonds. The molecule has 58 heavy (non-hydrogen) atoms. The van der Waals surface area contributed by atoms with E-state index in [4.69, 9.17) is 0 Å². The number of anilines is 2. The molecule has 0 aromatic heterocycles. The molecule has 3 aliphatic carbocycles. The zero-order valence-electron chi connectivity index (χ0n) is 35.8. The van der Waals surface area contributed by atoms with Gasteiger partial charge in [-0.3, -0.25) is 0 Å². The Morgan fingerprint density at radius 2 is 1.21 bits per heavy atom. The van der Waals surface area contributed by atoms with Gasteiger partial charge in [0.2, 0.25) is 0 Å². The van der Waals surface area contributed by atoms with E-state index in [1.165, 1.54) is 119 Å². The van der Waals surface area contributed by atoms with Gasteiger partial charge in [0.15, 0.2) is 0 Å². The lowest BCUT2D eigenvalue weighted by Gasteiger charge is -2.47. The minimum atomic E-state index is -0.157. The maximum Gasteiger partial charge on any atom is 0.0581 e. The number of hydrogen-bond acceptors (Lipinski definition) is 1. The van der Waals surface area contributed by atoms with Crippen molar-refractivity contribution in [1.29, 1.82) is 0 Å². The summed E-state index contributed by atoms with van der Waals surface area (Å²) in [5.41, 5.74) is 27.3. The lowest BCUT2D eigenvalue weighted by atomic mass is 9.62. The molecule has 0 atom stereocenters. The molecule has 5 aliphatic rings. The first-order valence-corrected chi connectivity index (χ1v) is 21.7. The quantitative estimate of drug-likeness (QED) is 0.170. The SMILES string of the molecule is Cc1ccc(-c2c3cc(-c4ccccc4)cc2N2C4=C(CCC=C4)C(C)(C)c4cccc(c42)-c2ccc4c(c2-3)-c2cc3c(cc2C4(C)C)C(C)(C)CCC3(C)C)cc1. The molecule has 1 nitrogen and oxygen atoms in total. The topological polar surface area (TPSA) is 3.24 Å². The molecule has 0 fully saturated rings. The molecular weight excluding hydrogens is 699 g/mol. The fourth-order valence-corrected chi connectivity index (χ4v) is 11.7. The second-order valence-corrected chi connectivity index (χ2v) is 20.4. The van der Waals surface area contributed by atoms with Crippen molar-refractivity contribution < 1.29 is 0 Å². The third-order valence-corrected chi connectivity index (χ3v) is 15.3. The summed E-state index contributed by atoms with van der Waals surface area (Å²) < 4.78 is 0. The second-order valence-electron chi connectivity index (χ2n) is 20.4. The number of benzene rings is 6. The monoisotopic (exact) mass is 753 g/mol. The zero-order valence-corrected chi connectivity index (χ0v) is 35.8. The summed E-state index contributed by atoms with van der Waals surface area (Å²) in [4.78, 5) is 2.68. The van der Waals surface area contributed by atoms with Crippen molar-refractivity contribution in [3.05, 3.63) is 166 Å². The summed E-state index contributed by atoms with van der Waals surface area (Å²) in [6.07, 6.45) is 9.39. The lowest BCUT2D eigenvalue weighted by molar-refractivity contribution is 0.331. The molecular formula is C57H55N. The molecule has 0 radical (unpaired) electrons. The number of aryl methyl sites for hydroxylation is 1. The average molecular weight is 754 g/mol. The number of nitrogens with zero attached hydrogens (tertiary/aromatic N) is 1. The number of rotatable bonds is 2. The molecule has 2 aliphatic heterocycles. The van der Waals surface area contributed by atoms with E-state index in [1.807, 2.05) is 0 Å². The maximum atomic E-state index is 2.68. The minimum Gasteiger partial charge on any atom is -0.309 e. The van der Waals surface area contributed by atoms with Gasteiger partial charge >= 0.3 is 0 Å². The Hall–Kier alpha value is -5.40. The number of fused-ring (bicyclic) bond motifs is 12. The third kappa shape index (κ3) is 4.77. The van der Waals surface area contributed by atoms with Crippen LogP contribution < -0.4 is 4.90 Å². The summed E-state index contributed by atoms with van der Waals surface area (Å²) in [5.74, 6) is 0. The highest BCUT2D eigenvalue weighted by atomic mass is 15.2. The molecule has 0 saturated carbocycles. The molecule has 6 aromatic carbocycles. The predicted molar refractivity (Wildman–Crippen MR) is 246 cm³/mol.